The molecule has 8 heteroatoms. The van der Waals surface area contributed by atoms with Gasteiger partial charge in [0.1, 0.15) is 5.76 Å². The van der Waals surface area contributed by atoms with Gasteiger partial charge in [0.15, 0.2) is 0 Å². The normalized spacial score (nSPS) is 15.7. The number of nitrogens with zero attached hydrogens (tertiary/aromatic N) is 3. The third kappa shape index (κ3) is 5.23. The first-order chi connectivity index (χ1) is 13.3. The molecule has 2 heterocycles. The van der Waals surface area contributed by atoms with Crippen molar-refractivity contribution in [2.24, 2.45) is 0 Å². The van der Waals surface area contributed by atoms with E-state index in [4.69, 9.17) is 27.7 Å². The first kappa shape index (κ1) is 21.5. The number of rotatable bonds is 5. The van der Waals surface area contributed by atoms with Crippen LogP contribution >= 0.6 is 35.0 Å². The summed E-state index contributed by atoms with van der Waals surface area (Å²) in [5.41, 5.74) is 3.06. The molecule has 0 atom stereocenters. The Balaban J connectivity index is 1.54. The summed E-state index contributed by atoms with van der Waals surface area (Å²) in [4.78, 5) is 17.9. The van der Waals surface area contributed by atoms with Gasteiger partial charge in [-0.05, 0) is 44.9 Å². The second-order valence-corrected chi connectivity index (χ2v) is 8.97. The zero-order chi connectivity index (χ0) is 20.3. The molecule has 1 aliphatic rings. The van der Waals surface area contributed by atoms with Gasteiger partial charge in [0.05, 0.1) is 16.5 Å². The lowest BCUT2D eigenvalue weighted by molar-refractivity contribution is -0.128. The molecule has 152 valence electrons. The first-order valence-corrected chi connectivity index (χ1v) is 11.1. The zero-order valence-corrected chi connectivity index (χ0v) is 18.8. The molecule has 1 amide bonds. The fraction of sp³-hybridized carbons (Fsp3) is 0.500. The van der Waals surface area contributed by atoms with Crippen LogP contribution in [-0.2, 0) is 11.3 Å². The van der Waals surface area contributed by atoms with Crippen molar-refractivity contribution >= 4 is 40.9 Å². The molecule has 0 aliphatic carbocycles. The Morgan fingerprint density at radius 2 is 1.93 bits per heavy atom. The molecule has 0 N–H and O–H groups in total. The van der Waals surface area contributed by atoms with Crippen LogP contribution in [0.5, 0.6) is 0 Å². The van der Waals surface area contributed by atoms with Crippen LogP contribution in [0.2, 0.25) is 10.0 Å². The Hall–Kier alpha value is -1.21. The Bertz CT molecular complexity index is 837. The summed E-state index contributed by atoms with van der Waals surface area (Å²) in [6, 6.07) is 3.68. The molecule has 5 nitrogen and oxygen atoms in total. The lowest BCUT2D eigenvalue weighted by atomic mass is 10.2. The molecule has 1 aromatic carbocycles. The minimum absolute atomic E-state index is 0.146. The molecule has 0 unspecified atom stereocenters. The van der Waals surface area contributed by atoms with Crippen molar-refractivity contribution in [2.75, 3.05) is 31.9 Å². The van der Waals surface area contributed by atoms with E-state index in [0.29, 0.717) is 15.8 Å². The van der Waals surface area contributed by atoms with Gasteiger partial charge in [-0.15, -0.1) is 11.8 Å². The van der Waals surface area contributed by atoms with Gasteiger partial charge in [0.2, 0.25) is 5.91 Å². The zero-order valence-electron chi connectivity index (χ0n) is 16.4. The van der Waals surface area contributed by atoms with Crippen molar-refractivity contribution in [3.8, 4) is 0 Å². The van der Waals surface area contributed by atoms with E-state index in [1.165, 1.54) is 11.8 Å². The molecular weight excluding hydrogens is 417 g/mol. The topological polar surface area (TPSA) is 49.6 Å². The highest BCUT2D eigenvalue weighted by molar-refractivity contribution is 8.00. The van der Waals surface area contributed by atoms with Gasteiger partial charge in [-0.3, -0.25) is 9.69 Å². The van der Waals surface area contributed by atoms with Crippen molar-refractivity contribution in [1.29, 1.82) is 0 Å². The van der Waals surface area contributed by atoms with E-state index in [-0.39, 0.29) is 5.91 Å². The minimum atomic E-state index is 0.146. The van der Waals surface area contributed by atoms with Crippen LogP contribution in [0.15, 0.2) is 21.6 Å². The second-order valence-electron chi connectivity index (χ2n) is 7.13. The molecule has 3 rings (SSSR count). The summed E-state index contributed by atoms with van der Waals surface area (Å²) >= 11 is 13.8. The van der Waals surface area contributed by atoms with Crippen molar-refractivity contribution < 1.29 is 9.32 Å². The number of halogens is 2. The van der Waals surface area contributed by atoms with Crippen LogP contribution in [-0.4, -0.2) is 52.8 Å². The Morgan fingerprint density at radius 3 is 2.64 bits per heavy atom. The fourth-order valence-electron chi connectivity index (χ4n) is 3.30. The quantitative estimate of drug-likeness (QED) is 0.627. The van der Waals surface area contributed by atoms with Gasteiger partial charge in [-0.2, -0.15) is 0 Å². The number of hydrogen-bond acceptors (Lipinski definition) is 5. The van der Waals surface area contributed by atoms with Gasteiger partial charge in [-0.25, -0.2) is 0 Å². The molecule has 0 bridgehead atoms. The van der Waals surface area contributed by atoms with Gasteiger partial charge in [-0.1, -0.05) is 28.4 Å². The Labute approximate surface area is 180 Å². The molecule has 28 heavy (non-hydrogen) atoms. The smallest absolute Gasteiger partial charge is 0.232 e. The van der Waals surface area contributed by atoms with E-state index in [1.54, 1.807) is 6.07 Å². The minimum Gasteiger partial charge on any atom is -0.361 e. The maximum atomic E-state index is 12.7. The molecule has 0 radical (unpaired) electrons. The fourth-order valence-corrected chi connectivity index (χ4v) is 4.77. The summed E-state index contributed by atoms with van der Waals surface area (Å²) < 4.78 is 5.26. The van der Waals surface area contributed by atoms with E-state index in [1.807, 2.05) is 31.7 Å². The maximum Gasteiger partial charge on any atom is 0.232 e. The van der Waals surface area contributed by atoms with E-state index < -0.39 is 0 Å². The second kappa shape index (κ2) is 9.53. The van der Waals surface area contributed by atoms with Gasteiger partial charge in [0, 0.05) is 48.2 Å². The number of carbonyl (C=O) groups excluding carboxylic acids is 1. The average molecular weight is 442 g/mol. The summed E-state index contributed by atoms with van der Waals surface area (Å²) in [7, 11) is 0. The number of amides is 1. The van der Waals surface area contributed by atoms with Crippen molar-refractivity contribution in [3.05, 3.63) is 44.8 Å². The summed E-state index contributed by atoms with van der Waals surface area (Å²) in [5.74, 6) is 1.40. The van der Waals surface area contributed by atoms with Crippen LogP contribution in [0, 0.1) is 20.8 Å². The number of hydrogen-bond donors (Lipinski definition) is 0. The lowest BCUT2D eigenvalue weighted by Crippen LogP contribution is -2.36. The molecule has 2 aromatic rings. The first-order valence-electron chi connectivity index (χ1n) is 9.35. The van der Waals surface area contributed by atoms with Crippen LogP contribution in [0.25, 0.3) is 0 Å². The average Bonchev–Trinajstić information content (AvgIpc) is 2.86. The molecule has 1 saturated heterocycles. The third-order valence-corrected chi connectivity index (χ3v) is 6.94. The largest absolute Gasteiger partial charge is 0.361 e. The molecule has 0 spiro atoms. The number of carbonyl (C=O) groups is 1. The van der Waals surface area contributed by atoms with E-state index >= 15 is 0 Å². The summed E-state index contributed by atoms with van der Waals surface area (Å²) in [6.07, 6.45) is 0.959. The Kier molecular flexibility index (Phi) is 7.31. The highest BCUT2D eigenvalue weighted by Gasteiger charge is 2.21. The number of aromatic nitrogens is 1. The van der Waals surface area contributed by atoms with Crippen molar-refractivity contribution in [2.45, 2.75) is 38.6 Å². The monoisotopic (exact) mass is 441 g/mol. The third-order valence-electron chi connectivity index (χ3n) is 5.07. The van der Waals surface area contributed by atoms with Crippen molar-refractivity contribution in [3.63, 3.8) is 0 Å². The Morgan fingerprint density at radius 1 is 1.14 bits per heavy atom. The van der Waals surface area contributed by atoms with Crippen LogP contribution < -0.4 is 0 Å². The number of benzene rings is 1. The van der Waals surface area contributed by atoms with Gasteiger partial charge in [0.25, 0.3) is 0 Å². The highest BCUT2D eigenvalue weighted by Crippen LogP contribution is 2.32. The van der Waals surface area contributed by atoms with Crippen LogP contribution in [0.3, 0.4) is 0 Å². The van der Waals surface area contributed by atoms with Crippen LogP contribution in [0.4, 0.5) is 0 Å². The molecule has 0 saturated carbocycles. The molecule has 1 aliphatic heterocycles. The highest BCUT2D eigenvalue weighted by atomic mass is 35.5. The number of thioether (sulfide) groups is 1. The predicted molar refractivity (Wildman–Crippen MR) is 114 cm³/mol. The van der Waals surface area contributed by atoms with E-state index in [0.717, 1.165) is 66.6 Å². The van der Waals surface area contributed by atoms with E-state index in [2.05, 4.69) is 10.1 Å². The summed E-state index contributed by atoms with van der Waals surface area (Å²) in [6.45, 7) is 10.0. The van der Waals surface area contributed by atoms with E-state index in [9.17, 15) is 4.79 Å². The standard InChI is InChI=1S/C20H25Cl2N3O2S/c1-13-9-19(18(22)10-17(13)21)28-12-20(26)25-6-4-5-24(7-8-25)11-16-14(2)23-27-15(16)3/h9-10H,4-8,11-12H2,1-3H3. The molecule has 1 aromatic heterocycles. The molecule has 1 fully saturated rings. The summed E-state index contributed by atoms with van der Waals surface area (Å²) in [5, 5.41) is 5.27. The van der Waals surface area contributed by atoms with Gasteiger partial charge < -0.3 is 9.42 Å². The van der Waals surface area contributed by atoms with Crippen LogP contribution in [0.1, 0.15) is 29.0 Å². The van der Waals surface area contributed by atoms with Crippen molar-refractivity contribution in [1.82, 2.24) is 15.0 Å². The maximum absolute atomic E-state index is 12.7. The molecular formula is C20H25Cl2N3O2S. The SMILES string of the molecule is Cc1cc(SCC(=O)N2CCCN(Cc3c(C)noc3C)CC2)c(Cl)cc1Cl. The predicted octanol–water partition coefficient (Wildman–Crippen LogP) is 4.73. The van der Waals surface area contributed by atoms with Gasteiger partial charge >= 0.3 is 0 Å². The number of aryl methyl sites for hydroxylation is 3. The lowest BCUT2D eigenvalue weighted by Gasteiger charge is -2.22.